The number of hydrogen-bond donors (Lipinski definition) is 2. The van der Waals surface area contributed by atoms with Gasteiger partial charge >= 0.3 is 29.6 Å². The van der Waals surface area contributed by atoms with Crippen molar-refractivity contribution in [3.8, 4) is 11.5 Å². The van der Waals surface area contributed by atoms with Crippen LogP contribution in [0.25, 0.3) is 0 Å². The molecule has 0 heterocycles. The molecule has 0 saturated carbocycles. The van der Waals surface area contributed by atoms with Gasteiger partial charge in [0.2, 0.25) is 11.5 Å². The van der Waals surface area contributed by atoms with Crippen molar-refractivity contribution >= 4 is 0 Å². The first-order chi connectivity index (χ1) is 3.64. The molecule has 0 spiro atoms. The van der Waals surface area contributed by atoms with E-state index in [1.165, 1.54) is 0 Å². The Bertz CT molecular complexity index is 257. The van der Waals surface area contributed by atoms with E-state index in [9.17, 15) is 9.59 Å². The third-order valence-corrected chi connectivity index (χ3v) is 0.861. The van der Waals surface area contributed by atoms with Crippen molar-refractivity contribution in [1.82, 2.24) is 0 Å². The molecular weight excluding hydrogens is 135 g/mol. The third-order valence-electron chi connectivity index (χ3n) is 0.861. The van der Waals surface area contributed by atoms with Gasteiger partial charge in [-0.2, -0.15) is 0 Å². The van der Waals surface area contributed by atoms with Crippen molar-refractivity contribution in [3.63, 3.8) is 0 Å². The molecule has 0 amide bonds. The van der Waals surface area contributed by atoms with E-state index in [2.05, 4.69) is 0 Å². The van der Waals surface area contributed by atoms with E-state index >= 15 is 0 Å². The van der Waals surface area contributed by atoms with Crippen molar-refractivity contribution in [2.45, 2.75) is 0 Å². The van der Waals surface area contributed by atoms with E-state index < -0.39 is 22.4 Å². The van der Waals surface area contributed by atoms with Crippen LogP contribution in [-0.4, -0.2) is 10.2 Å². The maximum Gasteiger partial charge on any atom is 1.00 e. The van der Waals surface area contributed by atoms with Crippen LogP contribution in [0, 0.1) is 0 Å². The van der Waals surface area contributed by atoms with Gasteiger partial charge in [0.1, 0.15) is 0 Å². The first-order valence-electron chi connectivity index (χ1n) is 1.86. The van der Waals surface area contributed by atoms with Gasteiger partial charge in [0.15, 0.2) is 0 Å². The molecule has 1 aromatic carbocycles. The summed E-state index contributed by atoms with van der Waals surface area (Å²) in [4.78, 5) is 19.9. The SMILES string of the molecule is O=c1c(O)c(O)c1=O.[H-].[Na+]. The summed E-state index contributed by atoms with van der Waals surface area (Å²) in [5.74, 6) is -1.65. The Morgan fingerprint density at radius 2 is 1.22 bits per heavy atom. The Morgan fingerprint density at radius 3 is 1.33 bits per heavy atom. The summed E-state index contributed by atoms with van der Waals surface area (Å²) in [7, 11) is 0. The van der Waals surface area contributed by atoms with Gasteiger partial charge in [-0.3, -0.25) is 9.59 Å². The maximum absolute atomic E-state index is 9.95. The number of hydrogen-bond acceptors (Lipinski definition) is 4. The zero-order valence-corrected chi connectivity index (χ0v) is 6.71. The van der Waals surface area contributed by atoms with Gasteiger partial charge in [-0.1, -0.05) is 0 Å². The summed E-state index contributed by atoms with van der Waals surface area (Å²) >= 11 is 0. The first-order valence-corrected chi connectivity index (χ1v) is 1.86. The zero-order chi connectivity index (χ0) is 6.31. The zero-order valence-electron chi connectivity index (χ0n) is 5.71. The molecule has 0 aliphatic rings. The summed E-state index contributed by atoms with van der Waals surface area (Å²) in [6.07, 6.45) is 0. The molecule has 5 heteroatoms. The Hall–Kier alpha value is -0.320. The number of rotatable bonds is 0. The van der Waals surface area contributed by atoms with Crippen LogP contribution in [0.4, 0.5) is 0 Å². The van der Waals surface area contributed by atoms with Crippen LogP contribution in [-0.2, 0) is 0 Å². The minimum atomic E-state index is -1.01. The van der Waals surface area contributed by atoms with Crippen molar-refractivity contribution in [3.05, 3.63) is 20.4 Å². The molecular formula is C4H3NaO4. The second-order valence-corrected chi connectivity index (χ2v) is 1.36. The van der Waals surface area contributed by atoms with Gasteiger partial charge in [-0.15, -0.1) is 0 Å². The van der Waals surface area contributed by atoms with Crippen LogP contribution >= 0.6 is 0 Å². The van der Waals surface area contributed by atoms with Crippen LogP contribution in [0.2, 0.25) is 0 Å². The molecule has 9 heavy (non-hydrogen) atoms. The fraction of sp³-hybridized carbons (Fsp3) is 0. The van der Waals surface area contributed by atoms with E-state index in [0.29, 0.717) is 0 Å². The fourth-order valence-corrected chi connectivity index (χ4v) is 0.368. The van der Waals surface area contributed by atoms with Crippen molar-refractivity contribution in [2.24, 2.45) is 0 Å². The predicted molar refractivity (Wildman–Crippen MR) is 25.8 cm³/mol. The Morgan fingerprint density at radius 1 is 1.00 bits per heavy atom. The fourth-order valence-electron chi connectivity index (χ4n) is 0.368. The topological polar surface area (TPSA) is 74.6 Å². The van der Waals surface area contributed by atoms with Gasteiger partial charge < -0.3 is 11.6 Å². The van der Waals surface area contributed by atoms with E-state index in [-0.39, 0.29) is 31.0 Å². The Kier molecular flexibility index (Phi) is 2.42. The van der Waals surface area contributed by atoms with E-state index in [1.807, 2.05) is 0 Å². The normalized spacial score (nSPS) is 8.89. The van der Waals surface area contributed by atoms with Crippen LogP contribution in [0.5, 0.6) is 11.5 Å². The molecule has 0 unspecified atom stereocenters. The van der Waals surface area contributed by atoms with Crippen LogP contribution in [0.3, 0.4) is 0 Å². The van der Waals surface area contributed by atoms with Gasteiger partial charge in [-0.05, 0) is 0 Å². The predicted octanol–water partition coefficient (Wildman–Crippen LogP) is -4.19. The molecule has 0 aliphatic heterocycles. The van der Waals surface area contributed by atoms with Crippen molar-refractivity contribution in [2.75, 3.05) is 0 Å². The molecule has 1 rings (SSSR count). The van der Waals surface area contributed by atoms with Gasteiger partial charge in [0.05, 0.1) is 0 Å². The molecule has 44 valence electrons. The first kappa shape index (κ1) is 8.68. The van der Waals surface area contributed by atoms with Crippen LogP contribution in [0.15, 0.2) is 9.59 Å². The second kappa shape index (κ2) is 2.51. The van der Waals surface area contributed by atoms with E-state index in [0.717, 1.165) is 0 Å². The van der Waals surface area contributed by atoms with E-state index in [4.69, 9.17) is 10.2 Å². The quantitative estimate of drug-likeness (QED) is 0.281. The molecule has 0 saturated heterocycles. The summed E-state index contributed by atoms with van der Waals surface area (Å²) in [6.45, 7) is 0. The van der Waals surface area contributed by atoms with Crippen molar-refractivity contribution in [1.29, 1.82) is 0 Å². The average molecular weight is 138 g/mol. The molecule has 4 nitrogen and oxygen atoms in total. The minimum absolute atomic E-state index is 0. The molecule has 0 bridgehead atoms. The molecule has 0 atom stereocenters. The molecule has 0 aliphatic carbocycles. The van der Waals surface area contributed by atoms with Crippen molar-refractivity contribution < 1.29 is 41.2 Å². The van der Waals surface area contributed by atoms with Gasteiger partial charge in [0, 0.05) is 0 Å². The second-order valence-electron chi connectivity index (χ2n) is 1.36. The Labute approximate surface area is 73.2 Å². The molecule has 0 radical (unpaired) electrons. The van der Waals surface area contributed by atoms with Gasteiger partial charge in [-0.25, -0.2) is 0 Å². The van der Waals surface area contributed by atoms with Crippen LogP contribution in [0.1, 0.15) is 1.43 Å². The summed E-state index contributed by atoms with van der Waals surface area (Å²) in [5.41, 5.74) is -2.02. The average Bonchev–Trinajstić information content (AvgIpc) is 1.83. The maximum atomic E-state index is 9.95. The Balaban J connectivity index is 0. The smallest absolute Gasteiger partial charge is 1.00 e. The largest absolute Gasteiger partial charge is 1.00 e. The van der Waals surface area contributed by atoms with E-state index in [1.54, 1.807) is 0 Å². The third kappa shape index (κ3) is 1.01. The van der Waals surface area contributed by atoms with Crippen LogP contribution < -0.4 is 40.4 Å². The molecule has 0 aromatic heterocycles. The molecule has 1 aromatic rings. The summed E-state index contributed by atoms with van der Waals surface area (Å²) in [6, 6.07) is 0. The molecule has 0 fully saturated rings. The summed E-state index contributed by atoms with van der Waals surface area (Å²) < 4.78 is 0. The molecule has 2 N–H and O–H groups in total. The standard InChI is InChI=1S/C4H2O4.Na.H/c5-1-2(6)4(8)3(1)7;;/h5-6H;;/q;+1;-1. The van der Waals surface area contributed by atoms with Gasteiger partial charge in [0.25, 0.3) is 10.9 Å². The monoisotopic (exact) mass is 138 g/mol. The number of aromatic hydroxyl groups is 2. The minimum Gasteiger partial charge on any atom is -1.00 e. The summed E-state index contributed by atoms with van der Waals surface area (Å²) in [5, 5.41) is 16.4.